The molecule has 0 unspecified atom stereocenters. The Morgan fingerprint density at radius 2 is 2.00 bits per heavy atom. The first kappa shape index (κ1) is 17.9. The lowest BCUT2D eigenvalue weighted by molar-refractivity contribution is 0.477. The van der Waals surface area contributed by atoms with Gasteiger partial charge in [-0.15, -0.1) is 0 Å². The van der Waals surface area contributed by atoms with E-state index in [1.807, 2.05) is 55.2 Å². The summed E-state index contributed by atoms with van der Waals surface area (Å²) in [4.78, 5) is 9.07. The van der Waals surface area contributed by atoms with E-state index >= 15 is 0 Å². The number of phenolic OH excluding ortho intramolecular Hbond substituents is 1. The van der Waals surface area contributed by atoms with Crippen molar-refractivity contribution in [1.82, 2.24) is 14.5 Å². The van der Waals surface area contributed by atoms with E-state index < -0.39 is 0 Å². The summed E-state index contributed by atoms with van der Waals surface area (Å²) in [6, 6.07) is 9.48. The predicted octanol–water partition coefficient (Wildman–Crippen LogP) is 3.31. The molecule has 1 aromatic carbocycles. The maximum atomic E-state index is 10.4. The van der Waals surface area contributed by atoms with Crippen molar-refractivity contribution in [2.45, 2.75) is 26.3 Å². The summed E-state index contributed by atoms with van der Waals surface area (Å²) >= 11 is 0. The third-order valence-corrected chi connectivity index (χ3v) is 4.33. The van der Waals surface area contributed by atoms with Crippen molar-refractivity contribution in [2.75, 3.05) is 11.9 Å². The molecular formula is C20H25N5O. The molecular weight excluding hydrogens is 326 g/mol. The molecule has 136 valence electrons. The van der Waals surface area contributed by atoms with Gasteiger partial charge in [0.15, 0.2) is 5.82 Å². The van der Waals surface area contributed by atoms with Crippen LogP contribution in [-0.2, 0) is 7.05 Å². The van der Waals surface area contributed by atoms with Crippen LogP contribution < -0.4 is 11.1 Å². The molecule has 2 heterocycles. The molecule has 6 nitrogen and oxygen atoms in total. The van der Waals surface area contributed by atoms with Crippen LogP contribution in [0, 0.1) is 6.92 Å². The van der Waals surface area contributed by atoms with Crippen molar-refractivity contribution in [1.29, 1.82) is 0 Å². The number of nitrogens with two attached hydrogens (primary N) is 1. The molecule has 0 aliphatic rings. The Labute approximate surface area is 153 Å². The highest BCUT2D eigenvalue weighted by molar-refractivity contribution is 5.74. The average Bonchev–Trinajstić information content (AvgIpc) is 3.06. The van der Waals surface area contributed by atoms with Gasteiger partial charge in [0.25, 0.3) is 0 Å². The Hall–Kier alpha value is -2.86. The maximum Gasteiger partial charge on any atom is 0.165 e. The van der Waals surface area contributed by atoms with Gasteiger partial charge in [0, 0.05) is 43.8 Å². The summed E-state index contributed by atoms with van der Waals surface area (Å²) in [7, 11) is 1.98. The molecule has 0 saturated carbocycles. The van der Waals surface area contributed by atoms with Gasteiger partial charge in [-0.2, -0.15) is 0 Å². The Bertz CT molecular complexity index is 903. The zero-order valence-electron chi connectivity index (χ0n) is 15.4. The largest absolute Gasteiger partial charge is 0.507 e. The van der Waals surface area contributed by atoms with Crippen molar-refractivity contribution in [3.05, 3.63) is 48.4 Å². The highest BCUT2D eigenvalue weighted by atomic mass is 16.3. The maximum absolute atomic E-state index is 10.4. The van der Waals surface area contributed by atoms with Gasteiger partial charge in [-0.1, -0.05) is 13.0 Å². The van der Waals surface area contributed by atoms with Gasteiger partial charge in [0.2, 0.25) is 0 Å². The molecule has 0 spiro atoms. The lowest BCUT2D eigenvalue weighted by Gasteiger charge is -2.13. The van der Waals surface area contributed by atoms with Gasteiger partial charge < -0.3 is 20.7 Å². The summed E-state index contributed by atoms with van der Waals surface area (Å²) in [6.45, 7) is 4.60. The van der Waals surface area contributed by atoms with E-state index in [4.69, 9.17) is 5.73 Å². The second kappa shape index (κ2) is 7.58. The van der Waals surface area contributed by atoms with Crippen LogP contribution in [0.2, 0.25) is 0 Å². The molecule has 0 saturated heterocycles. The average molecular weight is 351 g/mol. The Morgan fingerprint density at radius 3 is 2.69 bits per heavy atom. The molecule has 2 aromatic heterocycles. The molecule has 26 heavy (non-hydrogen) atoms. The van der Waals surface area contributed by atoms with Gasteiger partial charge >= 0.3 is 0 Å². The molecule has 0 aliphatic heterocycles. The molecule has 1 atom stereocenters. The minimum absolute atomic E-state index is 0.0727. The van der Waals surface area contributed by atoms with Crippen LogP contribution >= 0.6 is 0 Å². The quantitative estimate of drug-likeness (QED) is 0.634. The van der Waals surface area contributed by atoms with Crippen LogP contribution in [0.4, 0.5) is 5.82 Å². The molecule has 0 fully saturated rings. The molecule has 3 rings (SSSR count). The van der Waals surface area contributed by atoms with Gasteiger partial charge in [-0.3, -0.25) is 0 Å². The van der Waals surface area contributed by atoms with Crippen LogP contribution in [0.3, 0.4) is 0 Å². The first-order valence-corrected chi connectivity index (χ1v) is 8.77. The fourth-order valence-corrected chi connectivity index (χ4v) is 2.73. The molecule has 0 amide bonds. The van der Waals surface area contributed by atoms with Crippen molar-refractivity contribution >= 4 is 5.82 Å². The number of hydrogen-bond donors (Lipinski definition) is 3. The first-order chi connectivity index (χ1) is 12.5. The molecule has 4 N–H and O–H groups in total. The second-order valence-corrected chi connectivity index (χ2v) is 6.56. The monoisotopic (exact) mass is 351 g/mol. The van der Waals surface area contributed by atoms with Crippen LogP contribution in [0.25, 0.3) is 22.5 Å². The summed E-state index contributed by atoms with van der Waals surface area (Å²) in [5, 5.41) is 13.6. The predicted molar refractivity (Wildman–Crippen MR) is 105 cm³/mol. The van der Waals surface area contributed by atoms with Gasteiger partial charge in [0.05, 0.1) is 5.56 Å². The number of aryl methyl sites for hydroxylation is 2. The van der Waals surface area contributed by atoms with Crippen molar-refractivity contribution in [3.63, 3.8) is 0 Å². The Balaban J connectivity index is 1.96. The molecule has 6 heteroatoms. The van der Waals surface area contributed by atoms with E-state index in [1.54, 1.807) is 6.07 Å². The zero-order valence-corrected chi connectivity index (χ0v) is 15.4. The molecule has 0 bridgehead atoms. The Morgan fingerprint density at radius 1 is 1.19 bits per heavy atom. The van der Waals surface area contributed by atoms with Crippen molar-refractivity contribution in [2.24, 2.45) is 12.8 Å². The standard InChI is InChI=1S/C20H25N5O/c1-4-16(21)11-22-19-9-13(2)23-20(24-19)17-10-14(5-6-18(17)26)15-7-8-25(3)12-15/h5-10,12,16,26H,4,11,21H2,1-3H3,(H,22,23,24)/t16-/m1/s1. The van der Waals surface area contributed by atoms with E-state index in [1.165, 1.54) is 0 Å². The first-order valence-electron chi connectivity index (χ1n) is 8.77. The lowest BCUT2D eigenvalue weighted by Crippen LogP contribution is -2.28. The number of aromatic hydroxyl groups is 1. The number of aromatic nitrogens is 3. The topological polar surface area (TPSA) is 89.0 Å². The van der Waals surface area contributed by atoms with Crippen molar-refractivity contribution in [3.8, 4) is 28.3 Å². The molecule has 0 aliphatic carbocycles. The van der Waals surface area contributed by atoms with Gasteiger partial charge in [-0.25, -0.2) is 9.97 Å². The SMILES string of the molecule is CC[C@@H](N)CNc1cc(C)nc(-c2cc(-c3ccn(C)c3)ccc2O)n1. The van der Waals surface area contributed by atoms with E-state index in [2.05, 4.69) is 22.2 Å². The lowest BCUT2D eigenvalue weighted by atomic mass is 10.0. The molecule has 3 aromatic rings. The fraction of sp³-hybridized carbons (Fsp3) is 0.300. The summed E-state index contributed by atoms with van der Waals surface area (Å²) < 4.78 is 1.99. The van der Waals surface area contributed by atoms with E-state index in [-0.39, 0.29) is 11.8 Å². The van der Waals surface area contributed by atoms with Crippen LogP contribution in [0.1, 0.15) is 19.0 Å². The van der Waals surface area contributed by atoms with Crippen molar-refractivity contribution < 1.29 is 5.11 Å². The van der Waals surface area contributed by atoms with E-state index in [0.29, 0.717) is 23.8 Å². The summed E-state index contributed by atoms with van der Waals surface area (Å²) in [6.07, 6.45) is 4.92. The zero-order chi connectivity index (χ0) is 18.7. The highest BCUT2D eigenvalue weighted by Gasteiger charge is 2.12. The number of hydrogen-bond acceptors (Lipinski definition) is 5. The van der Waals surface area contributed by atoms with E-state index in [9.17, 15) is 5.11 Å². The summed E-state index contributed by atoms with van der Waals surface area (Å²) in [5.74, 6) is 1.36. The third-order valence-electron chi connectivity index (χ3n) is 4.33. The smallest absolute Gasteiger partial charge is 0.165 e. The molecule has 0 radical (unpaired) electrons. The van der Waals surface area contributed by atoms with Crippen LogP contribution in [-0.4, -0.2) is 32.2 Å². The second-order valence-electron chi connectivity index (χ2n) is 6.56. The number of rotatable bonds is 6. The normalized spacial score (nSPS) is 12.2. The number of phenols is 1. The minimum atomic E-state index is 0.0727. The highest BCUT2D eigenvalue weighted by Crippen LogP contribution is 2.32. The van der Waals surface area contributed by atoms with Gasteiger partial charge in [-0.05, 0) is 42.7 Å². The minimum Gasteiger partial charge on any atom is -0.507 e. The van der Waals surface area contributed by atoms with Crippen LogP contribution in [0.15, 0.2) is 42.7 Å². The number of nitrogens with zero attached hydrogens (tertiary/aromatic N) is 3. The van der Waals surface area contributed by atoms with Gasteiger partial charge in [0.1, 0.15) is 11.6 Å². The number of benzene rings is 1. The van der Waals surface area contributed by atoms with Crippen LogP contribution in [0.5, 0.6) is 5.75 Å². The number of anilines is 1. The summed E-state index contributed by atoms with van der Waals surface area (Å²) in [5.41, 5.74) is 9.49. The third kappa shape index (κ3) is 4.03. The Kier molecular flexibility index (Phi) is 5.23. The number of nitrogens with one attached hydrogen (secondary N) is 1. The fourth-order valence-electron chi connectivity index (χ4n) is 2.73. The van der Waals surface area contributed by atoms with E-state index in [0.717, 1.165) is 23.2 Å².